The maximum Gasteiger partial charge on any atom is 0.126 e. The van der Waals surface area contributed by atoms with Crippen molar-refractivity contribution in [1.82, 2.24) is 0 Å². The average molecular weight is 228 g/mol. The molecule has 0 aliphatic carbocycles. The standard InChI is InChI=1S/C15H16O2/c1-9-4-6-12(7-5-9)13-8-14(16)10(2)11(3)15(13)17/h4-8,16-17H,1-3H3. The zero-order valence-electron chi connectivity index (χ0n) is 10.3. The van der Waals surface area contributed by atoms with Crippen LogP contribution in [0.25, 0.3) is 11.1 Å². The molecular formula is C15H16O2. The van der Waals surface area contributed by atoms with E-state index in [9.17, 15) is 10.2 Å². The summed E-state index contributed by atoms with van der Waals surface area (Å²) in [5.74, 6) is 0.458. The molecule has 17 heavy (non-hydrogen) atoms. The number of phenols is 2. The number of rotatable bonds is 1. The molecule has 0 spiro atoms. The molecule has 0 aliphatic rings. The highest BCUT2D eigenvalue weighted by molar-refractivity contribution is 5.74. The van der Waals surface area contributed by atoms with Crippen molar-refractivity contribution in [3.63, 3.8) is 0 Å². The van der Waals surface area contributed by atoms with E-state index >= 15 is 0 Å². The maximum atomic E-state index is 10.1. The van der Waals surface area contributed by atoms with E-state index in [0.717, 1.165) is 16.7 Å². The van der Waals surface area contributed by atoms with Crippen molar-refractivity contribution in [2.75, 3.05) is 0 Å². The van der Waals surface area contributed by atoms with Gasteiger partial charge in [-0.05, 0) is 43.5 Å². The second-order valence-electron chi connectivity index (χ2n) is 4.41. The van der Waals surface area contributed by atoms with Crippen LogP contribution in [0.4, 0.5) is 0 Å². The molecule has 88 valence electrons. The third-order valence-corrected chi connectivity index (χ3v) is 3.20. The number of hydrogen-bond acceptors (Lipinski definition) is 2. The normalized spacial score (nSPS) is 10.5. The summed E-state index contributed by atoms with van der Waals surface area (Å²) in [6.07, 6.45) is 0. The molecule has 0 aromatic heterocycles. The highest BCUT2D eigenvalue weighted by Gasteiger charge is 2.12. The number of hydrogen-bond donors (Lipinski definition) is 2. The Bertz CT molecular complexity index is 554. The molecular weight excluding hydrogens is 212 g/mol. The van der Waals surface area contributed by atoms with Gasteiger partial charge in [0.25, 0.3) is 0 Å². The summed E-state index contributed by atoms with van der Waals surface area (Å²) in [6, 6.07) is 9.47. The highest BCUT2D eigenvalue weighted by Crippen LogP contribution is 2.38. The van der Waals surface area contributed by atoms with Gasteiger partial charge in [0.1, 0.15) is 11.5 Å². The lowest BCUT2D eigenvalue weighted by Crippen LogP contribution is -1.88. The molecule has 2 heteroatoms. The van der Waals surface area contributed by atoms with Gasteiger partial charge in [0.05, 0.1) is 0 Å². The van der Waals surface area contributed by atoms with Crippen molar-refractivity contribution in [3.8, 4) is 22.6 Å². The quantitative estimate of drug-likeness (QED) is 0.731. The maximum absolute atomic E-state index is 10.1. The summed E-state index contributed by atoms with van der Waals surface area (Å²) in [5, 5.41) is 19.9. The molecule has 0 atom stereocenters. The van der Waals surface area contributed by atoms with E-state index in [2.05, 4.69) is 0 Å². The van der Waals surface area contributed by atoms with Gasteiger partial charge in [-0.15, -0.1) is 0 Å². The summed E-state index contributed by atoms with van der Waals surface area (Å²) in [4.78, 5) is 0. The van der Waals surface area contributed by atoms with E-state index in [4.69, 9.17) is 0 Å². The summed E-state index contributed by atoms with van der Waals surface area (Å²) < 4.78 is 0. The molecule has 0 saturated carbocycles. The molecule has 2 aromatic carbocycles. The lowest BCUT2D eigenvalue weighted by atomic mass is 9.97. The lowest BCUT2D eigenvalue weighted by Gasteiger charge is -2.12. The Morgan fingerprint density at radius 1 is 0.824 bits per heavy atom. The molecule has 2 rings (SSSR count). The van der Waals surface area contributed by atoms with E-state index < -0.39 is 0 Å². The largest absolute Gasteiger partial charge is 0.508 e. The summed E-state index contributed by atoms with van der Waals surface area (Å²) in [5.41, 5.74) is 4.19. The number of phenolic OH excluding ortho intramolecular Hbond substituents is 2. The molecule has 0 fully saturated rings. The lowest BCUT2D eigenvalue weighted by molar-refractivity contribution is 0.455. The van der Waals surface area contributed by atoms with Gasteiger partial charge in [0.15, 0.2) is 0 Å². The summed E-state index contributed by atoms with van der Waals surface area (Å²) >= 11 is 0. The predicted octanol–water partition coefficient (Wildman–Crippen LogP) is 3.69. The van der Waals surface area contributed by atoms with Crippen LogP contribution in [0, 0.1) is 20.8 Å². The molecule has 2 nitrogen and oxygen atoms in total. The first-order valence-electron chi connectivity index (χ1n) is 5.60. The fraction of sp³-hybridized carbons (Fsp3) is 0.200. The van der Waals surface area contributed by atoms with Crippen molar-refractivity contribution in [2.45, 2.75) is 20.8 Å². The van der Waals surface area contributed by atoms with Gasteiger partial charge in [-0.1, -0.05) is 29.8 Å². The Balaban J connectivity index is 2.64. The van der Waals surface area contributed by atoms with E-state index in [1.165, 1.54) is 5.56 Å². The van der Waals surface area contributed by atoms with Crippen LogP contribution in [-0.2, 0) is 0 Å². The SMILES string of the molecule is Cc1ccc(-c2cc(O)c(C)c(C)c2O)cc1. The highest BCUT2D eigenvalue weighted by atomic mass is 16.3. The van der Waals surface area contributed by atoms with Crippen LogP contribution in [0.5, 0.6) is 11.5 Å². The van der Waals surface area contributed by atoms with Gasteiger partial charge in [-0.25, -0.2) is 0 Å². The molecule has 0 radical (unpaired) electrons. The van der Waals surface area contributed by atoms with Crippen molar-refractivity contribution < 1.29 is 10.2 Å². The second-order valence-corrected chi connectivity index (χ2v) is 4.41. The van der Waals surface area contributed by atoms with Crippen LogP contribution in [0.2, 0.25) is 0 Å². The van der Waals surface area contributed by atoms with E-state index in [0.29, 0.717) is 5.56 Å². The number of aromatic hydroxyl groups is 2. The molecule has 2 aromatic rings. The topological polar surface area (TPSA) is 40.5 Å². The monoisotopic (exact) mass is 228 g/mol. The fourth-order valence-electron chi connectivity index (χ4n) is 1.84. The van der Waals surface area contributed by atoms with Gasteiger partial charge in [0, 0.05) is 5.56 Å². The van der Waals surface area contributed by atoms with Crippen molar-refractivity contribution >= 4 is 0 Å². The molecule has 0 unspecified atom stereocenters. The Hall–Kier alpha value is -1.96. The first kappa shape index (κ1) is 11.5. The van der Waals surface area contributed by atoms with Crippen LogP contribution in [0.3, 0.4) is 0 Å². The number of aryl methyl sites for hydroxylation is 1. The van der Waals surface area contributed by atoms with Crippen molar-refractivity contribution in [3.05, 3.63) is 47.0 Å². The number of benzene rings is 2. The smallest absolute Gasteiger partial charge is 0.126 e. The minimum Gasteiger partial charge on any atom is -0.508 e. The first-order valence-corrected chi connectivity index (χ1v) is 5.60. The zero-order chi connectivity index (χ0) is 12.6. The van der Waals surface area contributed by atoms with Gasteiger partial charge in [-0.3, -0.25) is 0 Å². The van der Waals surface area contributed by atoms with E-state index in [1.807, 2.05) is 38.1 Å². The summed E-state index contributed by atoms with van der Waals surface area (Å²) in [7, 11) is 0. The van der Waals surface area contributed by atoms with Crippen LogP contribution in [0.1, 0.15) is 16.7 Å². The summed E-state index contributed by atoms with van der Waals surface area (Å²) in [6.45, 7) is 5.62. The average Bonchev–Trinajstić information content (AvgIpc) is 2.32. The Labute approximate surface area is 101 Å². The third kappa shape index (κ3) is 1.98. The van der Waals surface area contributed by atoms with Crippen molar-refractivity contribution in [1.29, 1.82) is 0 Å². The first-order chi connectivity index (χ1) is 8.00. The van der Waals surface area contributed by atoms with Crippen LogP contribution in [0.15, 0.2) is 30.3 Å². The Morgan fingerprint density at radius 2 is 1.41 bits per heavy atom. The predicted molar refractivity (Wildman–Crippen MR) is 69.4 cm³/mol. The molecule has 0 heterocycles. The molecule has 2 N–H and O–H groups in total. The third-order valence-electron chi connectivity index (χ3n) is 3.20. The van der Waals surface area contributed by atoms with Crippen molar-refractivity contribution in [2.24, 2.45) is 0 Å². The zero-order valence-corrected chi connectivity index (χ0v) is 10.3. The minimum atomic E-state index is 0.218. The van der Waals surface area contributed by atoms with Gasteiger partial charge in [0.2, 0.25) is 0 Å². The van der Waals surface area contributed by atoms with Crippen LogP contribution < -0.4 is 0 Å². The molecule has 0 aliphatic heterocycles. The second kappa shape index (κ2) is 4.13. The van der Waals surface area contributed by atoms with Gasteiger partial charge in [-0.2, -0.15) is 0 Å². The van der Waals surface area contributed by atoms with Gasteiger partial charge < -0.3 is 10.2 Å². The Morgan fingerprint density at radius 3 is 2.00 bits per heavy atom. The van der Waals surface area contributed by atoms with E-state index in [1.54, 1.807) is 13.0 Å². The van der Waals surface area contributed by atoms with E-state index in [-0.39, 0.29) is 11.5 Å². The fourth-order valence-corrected chi connectivity index (χ4v) is 1.84. The Kier molecular flexibility index (Phi) is 2.80. The molecule has 0 bridgehead atoms. The van der Waals surface area contributed by atoms with Crippen LogP contribution >= 0.6 is 0 Å². The minimum absolute atomic E-state index is 0.218. The van der Waals surface area contributed by atoms with Gasteiger partial charge >= 0.3 is 0 Å². The van der Waals surface area contributed by atoms with Crippen LogP contribution in [-0.4, -0.2) is 10.2 Å². The molecule has 0 saturated heterocycles. The molecule has 0 amide bonds.